The number of rotatable bonds is 11. The Bertz CT molecular complexity index is 234. The van der Waals surface area contributed by atoms with Gasteiger partial charge in [-0.05, 0) is 45.8 Å². The minimum atomic E-state index is 0.404. The Kier molecular flexibility index (Phi) is 9.69. The van der Waals surface area contributed by atoms with Crippen molar-refractivity contribution in [2.75, 3.05) is 40.3 Å². The molecule has 122 valence electrons. The molecule has 0 saturated carbocycles. The molecule has 0 heterocycles. The summed E-state index contributed by atoms with van der Waals surface area (Å²) in [5.74, 6) is 0. The fraction of sp³-hybridized carbons (Fsp3) is 1.00. The highest BCUT2D eigenvalue weighted by Gasteiger charge is 2.30. The SMILES string of the molecule is CCN(CC(CC)(CC)CNC(C)C)C(C)CN(C)C. The van der Waals surface area contributed by atoms with E-state index in [0.717, 1.165) is 19.6 Å². The van der Waals surface area contributed by atoms with Crippen molar-refractivity contribution >= 4 is 0 Å². The highest BCUT2D eigenvalue weighted by Crippen LogP contribution is 2.28. The van der Waals surface area contributed by atoms with E-state index in [9.17, 15) is 0 Å². The molecular formula is C17H39N3. The van der Waals surface area contributed by atoms with E-state index in [4.69, 9.17) is 0 Å². The molecule has 1 unspecified atom stereocenters. The van der Waals surface area contributed by atoms with E-state index >= 15 is 0 Å². The third kappa shape index (κ3) is 7.05. The van der Waals surface area contributed by atoms with Crippen LogP contribution in [0.2, 0.25) is 0 Å². The lowest BCUT2D eigenvalue weighted by molar-refractivity contribution is 0.0947. The highest BCUT2D eigenvalue weighted by molar-refractivity contribution is 4.85. The molecule has 0 aliphatic heterocycles. The molecule has 20 heavy (non-hydrogen) atoms. The minimum Gasteiger partial charge on any atom is -0.314 e. The van der Waals surface area contributed by atoms with E-state index in [1.807, 2.05) is 0 Å². The first-order valence-electron chi connectivity index (χ1n) is 8.42. The largest absolute Gasteiger partial charge is 0.314 e. The van der Waals surface area contributed by atoms with Gasteiger partial charge in [-0.1, -0.05) is 34.6 Å². The second-order valence-corrected chi connectivity index (χ2v) is 6.92. The zero-order chi connectivity index (χ0) is 15.8. The summed E-state index contributed by atoms with van der Waals surface area (Å²) < 4.78 is 0. The van der Waals surface area contributed by atoms with Gasteiger partial charge >= 0.3 is 0 Å². The van der Waals surface area contributed by atoms with E-state index < -0.39 is 0 Å². The van der Waals surface area contributed by atoms with Crippen molar-refractivity contribution in [1.29, 1.82) is 0 Å². The van der Waals surface area contributed by atoms with E-state index in [1.165, 1.54) is 19.4 Å². The molecule has 0 aliphatic carbocycles. The lowest BCUT2D eigenvalue weighted by Crippen LogP contribution is -2.49. The third-order valence-electron chi connectivity index (χ3n) is 4.58. The van der Waals surface area contributed by atoms with Crippen molar-refractivity contribution in [2.45, 2.75) is 66.5 Å². The second-order valence-electron chi connectivity index (χ2n) is 6.92. The van der Waals surface area contributed by atoms with Crippen LogP contribution in [0.4, 0.5) is 0 Å². The van der Waals surface area contributed by atoms with Crippen molar-refractivity contribution in [2.24, 2.45) is 5.41 Å². The molecule has 1 atom stereocenters. The van der Waals surface area contributed by atoms with Crippen LogP contribution < -0.4 is 5.32 Å². The monoisotopic (exact) mass is 285 g/mol. The van der Waals surface area contributed by atoms with Crippen molar-refractivity contribution in [3.05, 3.63) is 0 Å². The first-order chi connectivity index (χ1) is 9.30. The van der Waals surface area contributed by atoms with Gasteiger partial charge in [0, 0.05) is 31.7 Å². The summed E-state index contributed by atoms with van der Waals surface area (Å²) >= 11 is 0. The van der Waals surface area contributed by atoms with E-state index in [-0.39, 0.29) is 0 Å². The van der Waals surface area contributed by atoms with E-state index in [1.54, 1.807) is 0 Å². The summed E-state index contributed by atoms with van der Waals surface area (Å²) in [6.45, 7) is 18.4. The average molecular weight is 286 g/mol. The molecule has 1 N–H and O–H groups in total. The average Bonchev–Trinajstić information content (AvgIpc) is 2.38. The molecule has 0 aromatic carbocycles. The van der Waals surface area contributed by atoms with Gasteiger partial charge in [0.25, 0.3) is 0 Å². The minimum absolute atomic E-state index is 0.404. The Morgan fingerprint density at radius 2 is 1.55 bits per heavy atom. The number of hydrogen-bond donors (Lipinski definition) is 1. The summed E-state index contributed by atoms with van der Waals surface area (Å²) in [7, 11) is 4.33. The maximum atomic E-state index is 3.66. The van der Waals surface area contributed by atoms with E-state index in [2.05, 4.69) is 70.8 Å². The summed E-state index contributed by atoms with van der Waals surface area (Å²) in [5.41, 5.74) is 0.404. The second kappa shape index (κ2) is 9.75. The van der Waals surface area contributed by atoms with Crippen LogP contribution in [0, 0.1) is 5.41 Å². The van der Waals surface area contributed by atoms with Gasteiger partial charge in [0.15, 0.2) is 0 Å². The molecule has 0 aliphatic rings. The maximum absolute atomic E-state index is 3.66. The van der Waals surface area contributed by atoms with Crippen LogP contribution in [-0.4, -0.2) is 62.2 Å². The van der Waals surface area contributed by atoms with Gasteiger partial charge in [-0.15, -0.1) is 0 Å². The number of nitrogens with zero attached hydrogens (tertiary/aromatic N) is 2. The van der Waals surface area contributed by atoms with Crippen LogP contribution in [0.5, 0.6) is 0 Å². The highest BCUT2D eigenvalue weighted by atomic mass is 15.2. The predicted octanol–water partition coefficient (Wildman–Crippen LogP) is 3.06. The Morgan fingerprint density at radius 1 is 1.00 bits per heavy atom. The standard InChI is InChI=1S/C17H39N3/c1-9-17(10-2,13-18-15(4)5)14-20(11-3)16(6)12-19(7)8/h15-16,18H,9-14H2,1-8H3. The zero-order valence-corrected chi connectivity index (χ0v) is 15.3. The Labute approximate surface area is 128 Å². The van der Waals surface area contributed by atoms with Gasteiger partial charge in [0.05, 0.1) is 0 Å². The third-order valence-corrected chi connectivity index (χ3v) is 4.58. The number of likely N-dealkylation sites (N-methyl/N-ethyl adjacent to an activating group) is 2. The maximum Gasteiger partial charge on any atom is 0.0194 e. The lowest BCUT2D eigenvalue weighted by atomic mass is 9.81. The Balaban J connectivity index is 4.74. The Hall–Kier alpha value is -0.120. The first kappa shape index (κ1) is 19.9. The summed E-state index contributed by atoms with van der Waals surface area (Å²) in [5, 5.41) is 3.66. The molecule has 0 rings (SSSR count). The van der Waals surface area contributed by atoms with Gasteiger partial charge in [0.2, 0.25) is 0 Å². The van der Waals surface area contributed by atoms with Crippen LogP contribution in [0.15, 0.2) is 0 Å². The summed E-state index contributed by atoms with van der Waals surface area (Å²) in [6.07, 6.45) is 2.49. The number of nitrogens with one attached hydrogen (secondary N) is 1. The molecular weight excluding hydrogens is 246 g/mol. The van der Waals surface area contributed by atoms with Crippen molar-refractivity contribution < 1.29 is 0 Å². The van der Waals surface area contributed by atoms with Crippen LogP contribution in [0.3, 0.4) is 0 Å². The molecule has 0 fully saturated rings. The summed E-state index contributed by atoms with van der Waals surface area (Å²) in [4.78, 5) is 4.94. The molecule has 0 amide bonds. The molecule has 0 spiro atoms. The molecule has 0 bridgehead atoms. The fourth-order valence-corrected chi connectivity index (χ4v) is 2.85. The van der Waals surface area contributed by atoms with Gasteiger partial charge in [-0.3, -0.25) is 4.90 Å². The topological polar surface area (TPSA) is 18.5 Å². The summed E-state index contributed by atoms with van der Waals surface area (Å²) in [6, 6.07) is 1.19. The van der Waals surface area contributed by atoms with Crippen LogP contribution in [-0.2, 0) is 0 Å². The lowest BCUT2D eigenvalue weighted by Gasteiger charge is -2.40. The van der Waals surface area contributed by atoms with Crippen molar-refractivity contribution in [3.8, 4) is 0 Å². The molecule has 0 aromatic rings. The number of hydrogen-bond acceptors (Lipinski definition) is 3. The first-order valence-corrected chi connectivity index (χ1v) is 8.42. The predicted molar refractivity (Wildman–Crippen MR) is 91.4 cm³/mol. The molecule has 0 radical (unpaired) electrons. The van der Waals surface area contributed by atoms with Gasteiger partial charge in [0.1, 0.15) is 0 Å². The normalized spacial score (nSPS) is 14.6. The van der Waals surface area contributed by atoms with Gasteiger partial charge in [-0.25, -0.2) is 0 Å². The quantitative estimate of drug-likeness (QED) is 0.629. The van der Waals surface area contributed by atoms with Crippen molar-refractivity contribution in [3.63, 3.8) is 0 Å². The molecule has 0 aromatic heterocycles. The van der Waals surface area contributed by atoms with Crippen molar-refractivity contribution in [1.82, 2.24) is 15.1 Å². The van der Waals surface area contributed by atoms with Gasteiger partial charge < -0.3 is 10.2 Å². The van der Waals surface area contributed by atoms with E-state index in [0.29, 0.717) is 17.5 Å². The van der Waals surface area contributed by atoms with Crippen LogP contribution in [0.25, 0.3) is 0 Å². The molecule has 0 saturated heterocycles. The molecule has 3 heteroatoms. The Morgan fingerprint density at radius 3 is 1.90 bits per heavy atom. The van der Waals surface area contributed by atoms with Gasteiger partial charge in [-0.2, -0.15) is 0 Å². The molecule has 3 nitrogen and oxygen atoms in total. The smallest absolute Gasteiger partial charge is 0.0194 e. The van der Waals surface area contributed by atoms with Crippen LogP contribution >= 0.6 is 0 Å². The zero-order valence-electron chi connectivity index (χ0n) is 15.3. The van der Waals surface area contributed by atoms with Crippen LogP contribution in [0.1, 0.15) is 54.4 Å². The fourth-order valence-electron chi connectivity index (χ4n) is 2.85.